The van der Waals surface area contributed by atoms with Gasteiger partial charge in [-0.3, -0.25) is 0 Å². The van der Waals surface area contributed by atoms with E-state index < -0.39 is 0 Å². The molecule has 0 radical (unpaired) electrons. The summed E-state index contributed by atoms with van der Waals surface area (Å²) in [6.45, 7) is 2.05. The van der Waals surface area contributed by atoms with Gasteiger partial charge < -0.3 is 15.8 Å². The number of aromatic nitrogens is 3. The van der Waals surface area contributed by atoms with E-state index in [0.29, 0.717) is 25.0 Å². The summed E-state index contributed by atoms with van der Waals surface area (Å²) < 4.78 is 6.69. The Hall–Kier alpha value is -2.08. The lowest BCUT2D eigenvalue weighted by Crippen LogP contribution is -2.09. The highest BCUT2D eigenvalue weighted by molar-refractivity contribution is 5.31. The second kappa shape index (κ2) is 7.49. The molecule has 108 valence electrons. The molecule has 20 heavy (non-hydrogen) atoms. The first kappa shape index (κ1) is 14.3. The number of benzene rings is 1. The van der Waals surface area contributed by atoms with Crippen molar-refractivity contribution in [2.45, 2.75) is 19.4 Å². The lowest BCUT2D eigenvalue weighted by Gasteiger charge is -2.03. The first-order valence-electron chi connectivity index (χ1n) is 6.76. The molecule has 6 nitrogen and oxygen atoms in total. The van der Waals surface area contributed by atoms with E-state index in [-0.39, 0.29) is 0 Å². The van der Waals surface area contributed by atoms with Crippen LogP contribution in [0.3, 0.4) is 0 Å². The van der Waals surface area contributed by atoms with Crippen LogP contribution in [0, 0.1) is 0 Å². The molecule has 0 unspecified atom stereocenters. The molecule has 0 fully saturated rings. The van der Waals surface area contributed by atoms with Crippen LogP contribution in [-0.2, 0) is 17.7 Å². The van der Waals surface area contributed by atoms with Crippen molar-refractivity contribution in [1.29, 1.82) is 0 Å². The smallest absolute Gasteiger partial charge is 0.244 e. The summed E-state index contributed by atoms with van der Waals surface area (Å²) in [6.07, 6.45) is 1.99. The molecule has 0 aliphatic rings. The maximum atomic E-state index is 5.84. The number of nitrogens with one attached hydrogen (secondary N) is 1. The summed E-state index contributed by atoms with van der Waals surface area (Å²) in [7, 11) is 1.66. The third-order valence-corrected chi connectivity index (χ3v) is 2.97. The minimum absolute atomic E-state index is 0.443. The normalized spacial score (nSPS) is 10.7. The van der Waals surface area contributed by atoms with Crippen LogP contribution < -0.4 is 11.1 Å². The van der Waals surface area contributed by atoms with Crippen molar-refractivity contribution in [2.24, 2.45) is 0 Å². The molecular weight excluding hydrogens is 254 g/mol. The first-order chi connectivity index (χ1) is 9.79. The molecule has 0 saturated heterocycles. The van der Waals surface area contributed by atoms with Crippen molar-refractivity contribution in [3.8, 4) is 0 Å². The third-order valence-electron chi connectivity index (χ3n) is 2.97. The Balaban J connectivity index is 1.80. The molecule has 2 rings (SSSR count). The van der Waals surface area contributed by atoms with Crippen LogP contribution in [0.1, 0.15) is 12.0 Å². The fraction of sp³-hybridized carbons (Fsp3) is 0.429. The van der Waals surface area contributed by atoms with Gasteiger partial charge in [-0.25, -0.2) is 4.68 Å². The van der Waals surface area contributed by atoms with Gasteiger partial charge in [-0.2, -0.15) is 4.98 Å². The fourth-order valence-electron chi connectivity index (χ4n) is 1.94. The molecule has 0 saturated carbocycles. The Labute approximate surface area is 119 Å². The lowest BCUT2D eigenvalue weighted by molar-refractivity contribution is 0.210. The second-order valence-corrected chi connectivity index (χ2v) is 4.53. The summed E-state index contributed by atoms with van der Waals surface area (Å²) in [6, 6.07) is 10.4. The predicted octanol–water partition coefficient (Wildman–Crippen LogP) is 1.55. The molecule has 0 bridgehead atoms. The summed E-state index contributed by atoms with van der Waals surface area (Å²) in [5.74, 6) is 0.997. The Bertz CT molecular complexity index is 512. The van der Waals surface area contributed by atoms with Crippen LogP contribution in [-0.4, -0.2) is 35.0 Å². The number of hydrogen-bond donors (Lipinski definition) is 2. The summed E-state index contributed by atoms with van der Waals surface area (Å²) in [5.41, 5.74) is 7.17. The zero-order valence-corrected chi connectivity index (χ0v) is 11.7. The minimum Gasteiger partial charge on any atom is -0.383 e. The quantitative estimate of drug-likeness (QED) is 0.715. The largest absolute Gasteiger partial charge is 0.383 e. The first-order valence-corrected chi connectivity index (χ1v) is 6.76. The Morgan fingerprint density at radius 1 is 1.30 bits per heavy atom. The van der Waals surface area contributed by atoms with Gasteiger partial charge >= 0.3 is 0 Å². The summed E-state index contributed by atoms with van der Waals surface area (Å²) in [4.78, 5) is 4.17. The topological polar surface area (TPSA) is 78.0 Å². The molecular formula is C14H21N5O. The number of hydrogen-bond acceptors (Lipinski definition) is 5. The maximum Gasteiger partial charge on any atom is 0.244 e. The van der Waals surface area contributed by atoms with Crippen molar-refractivity contribution in [3.05, 3.63) is 35.9 Å². The number of methoxy groups -OCH3 is 1. The van der Waals surface area contributed by atoms with E-state index in [1.54, 1.807) is 11.8 Å². The number of nitrogens with zero attached hydrogens (tertiary/aromatic N) is 3. The highest BCUT2D eigenvalue weighted by atomic mass is 16.5. The lowest BCUT2D eigenvalue weighted by atomic mass is 10.1. The van der Waals surface area contributed by atoms with Crippen molar-refractivity contribution >= 4 is 11.9 Å². The van der Waals surface area contributed by atoms with E-state index in [9.17, 15) is 0 Å². The van der Waals surface area contributed by atoms with Crippen molar-refractivity contribution in [2.75, 3.05) is 31.3 Å². The van der Waals surface area contributed by atoms with Crippen LogP contribution in [0.4, 0.5) is 11.9 Å². The summed E-state index contributed by atoms with van der Waals surface area (Å²) >= 11 is 0. The number of aryl methyl sites for hydroxylation is 2. The Kier molecular flexibility index (Phi) is 5.37. The standard InChI is InChI=1S/C14H21N5O/c1-20-11-9-16-14-17-13(15)19(18-14)10-5-8-12-6-3-2-4-7-12/h2-4,6-7H,5,8-11H2,1H3,(H3,15,16,17,18). The molecule has 1 aromatic heterocycles. The summed E-state index contributed by atoms with van der Waals surface area (Å²) in [5, 5.41) is 7.39. The van der Waals surface area contributed by atoms with Gasteiger partial charge in [-0.05, 0) is 18.4 Å². The third kappa shape index (κ3) is 4.24. The van der Waals surface area contributed by atoms with Crippen LogP contribution in [0.15, 0.2) is 30.3 Å². The SMILES string of the molecule is COCCNc1nc(N)n(CCCc2ccccc2)n1. The fourth-order valence-corrected chi connectivity index (χ4v) is 1.94. The van der Waals surface area contributed by atoms with Crippen LogP contribution in [0.2, 0.25) is 0 Å². The van der Waals surface area contributed by atoms with E-state index in [1.165, 1.54) is 5.56 Å². The Morgan fingerprint density at radius 2 is 2.10 bits per heavy atom. The zero-order valence-electron chi connectivity index (χ0n) is 11.7. The van der Waals surface area contributed by atoms with Gasteiger partial charge in [0.2, 0.25) is 11.9 Å². The van der Waals surface area contributed by atoms with Gasteiger partial charge in [-0.15, -0.1) is 5.10 Å². The highest BCUT2D eigenvalue weighted by Gasteiger charge is 2.06. The van der Waals surface area contributed by atoms with Gasteiger partial charge in [0.05, 0.1) is 6.61 Å². The molecule has 2 aromatic rings. The number of anilines is 2. The van der Waals surface area contributed by atoms with E-state index in [0.717, 1.165) is 19.4 Å². The van der Waals surface area contributed by atoms with Crippen LogP contribution in [0.5, 0.6) is 0 Å². The van der Waals surface area contributed by atoms with Crippen molar-refractivity contribution < 1.29 is 4.74 Å². The molecule has 0 amide bonds. The van der Waals surface area contributed by atoms with Crippen LogP contribution >= 0.6 is 0 Å². The number of ether oxygens (including phenoxy) is 1. The average molecular weight is 275 g/mol. The van der Waals surface area contributed by atoms with E-state index in [2.05, 4.69) is 39.7 Å². The van der Waals surface area contributed by atoms with Gasteiger partial charge in [0.15, 0.2) is 0 Å². The van der Waals surface area contributed by atoms with Crippen molar-refractivity contribution in [1.82, 2.24) is 14.8 Å². The van der Waals surface area contributed by atoms with Crippen molar-refractivity contribution in [3.63, 3.8) is 0 Å². The average Bonchev–Trinajstić information content (AvgIpc) is 2.81. The molecule has 3 N–H and O–H groups in total. The van der Waals surface area contributed by atoms with Gasteiger partial charge in [0.1, 0.15) is 0 Å². The van der Waals surface area contributed by atoms with Crippen LogP contribution in [0.25, 0.3) is 0 Å². The second-order valence-electron chi connectivity index (χ2n) is 4.53. The molecule has 0 aliphatic heterocycles. The zero-order chi connectivity index (χ0) is 14.2. The van der Waals surface area contributed by atoms with E-state index >= 15 is 0 Å². The predicted molar refractivity (Wildman–Crippen MR) is 79.6 cm³/mol. The monoisotopic (exact) mass is 275 g/mol. The highest BCUT2D eigenvalue weighted by Crippen LogP contribution is 2.08. The minimum atomic E-state index is 0.443. The maximum absolute atomic E-state index is 5.84. The van der Waals surface area contributed by atoms with E-state index in [1.807, 2.05) is 6.07 Å². The number of nitrogens with two attached hydrogens (primary N) is 1. The number of rotatable bonds is 8. The molecule has 1 aromatic carbocycles. The molecule has 0 atom stereocenters. The van der Waals surface area contributed by atoms with E-state index in [4.69, 9.17) is 10.5 Å². The Morgan fingerprint density at radius 3 is 2.85 bits per heavy atom. The molecule has 0 aliphatic carbocycles. The number of nitrogen functional groups attached to an aromatic ring is 1. The molecule has 6 heteroatoms. The molecule has 0 spiro atoms. The molecule has 1 heterocycles. The van der Waals surface area contributed by atoms with Gasteiger partial charge in [0, 0.05) is 20.2 Å². The van der Waals surface area contributed by atoms with Gasteiger partial charge in [-0.1, -0.05) is 30.3 Å². The van der Waals surface area contributed by atoms with Gasteiger partial charge in [0.25, 0.3) is 0 Å².